The van der Waals surface area contributed by atoms with Crippen LogP contribution in [0.1, 0.15) is 10.4 Å². The van der Waals surface area contributed by atoms with Gasteiger partial charge in [0.2, 0.25) is 0 Å². The van der Waals surface area contributed by atoms with Gasteiger partial charge in [-0.1, -0.05) is 47.7 Å². The smallest absolute Gasteiger partial charge is 0.261 e. The van der Waals surface area contributed by atoms with Crippen LogP contribution in [0.3, 0.4) is 0 Å². The molecule has 9 heteroatoms. The van der Waals surface area contributed by atoms with Crippen LogP contribution in [0.5, 0.6) is 5.75 Å². The number of rotatable bonds is 6. The highest BCUT2D eigenvalue weighted by Crippen LogP contribution is 2.32. The third kappa shape index (κ3) is 3.98. The van der Waals surface area contributed by atoms with Gasteiger partial charge in [0, 0.05) is 0 Å². The van der Waals surface area contributed by atoms with Crippen molar-refractivity contribution in [1.82, 2.24) is 4.98 Å². The van der Waals surface area contributed by atoms with E-state index >= 15 is 0 Å². The lowest BCUT2D eigenvalue weighted by molar-refractivity contribution is 0.102. The van der Waals surface area contributed by atoms with Gasteiger partial charge in [-0.15, -0.1) is 0 Å². The molecule has 0 aliphatic heterocycles. The van der Waals surface area contributed by atoms with E-state index in [0.29, 0.717) is 16.4 Å². The molecule has 0 spiro atoms. The fraction of sp³-hybridized carbons (Fsp3) is 0.0476. The summed E-state index contributed by atoms with van der Waals surface area (Å²) in [6.07, 6.45) is 0. The van der Waals surface area contributed by atoms with E-state index in [-0.39, 0.29) is 16.1 Å². The third-order valence-electron chi connectivity index (χ3n) is 4.29. The molecule has 7 nitrogen and oxygen atoms in total. The number of ether oxygens (including phenoxy) is 1. The Bertz CT molecular complexity index is 1320. The Kier molecular flexibility index (Phi) is 5.39. The number of benzene rings is 3. The van der Waals surface area contributed by atoms with Crippen molar-refractivity contribution in [3.8, 4) is 5.75 Å². The van der Waals surface area contributed by atoms with Crippen LogP contribution in [-0.2, 0) is 10.0 Å². The Hall–Kier alpha value is -3.43. The number of carbonyl (C=O) groups is 1. The van der Waals surface area contributed by atoms with Crippen molar-refractivity contribution in [2.75, 3.05) is 17.1 Å². The molecule has 1 heterocycles. The van der Waals surface area contributed by atoms with E-state index < -0.39 is 15.9 Å². The number of aromatic nitrogens is 1. The van der Waals surface area contributed by atoms with Crippen LogP contribution in [0.2, 0.25) is 0 Å². The van der Waals surface area contributed by atoms with E-state index in [9.17, 15) is 13.2 Å². The number of para-hydroxylation sites is 2. The molecular weight excluding hydrogens is 422 g/mol. The fourth-order valence-corrected chi connectivity index (χ4v) is 4.86. The zero-order valence-electron chi connectivity index (χ0n) is 15.8. The van der Waals surface area contributed by atoms with E-state index in [1.165, 1.54) is 29.5 Å². The van der Waals surface area contributed by atoms with E-state index in [0.717, 1.165) is 4.70 Å². The number of nitrogens with one attached hydrogen (secondary N) is 2. The zero-order chi connectivity index (χ0) is 21.1. The molecule has 0 saturated carbocycles. The van der Waals surface area contributed by atoms with Crippen molar-refractivity contribution in [3.63, 3.8) is 0 Å². The maximum atomic E-state index is 12.9. The van der Waals surface area contributed by atoms with Crippen molar-refractivity contribution in [2.24, 2.45) is 0 Å². The van der Waals surface area contributed by atoms with Gasteiger partial charge in [-0.25, -0.2) is 13.4 Å². The molecule has 1 aromatic heterocycles. The molecule has 1 amide bonds. The van der Waals surface area contributed by atoms with Gasteiger partial charge in [0.25, 0.3) is 15.9 Å². The Labute approximate surface area is 177 Å². The standard InChI is InChI=1S/C21H17N3O4S2/c1-28-17-12-7-13-18-19(17)22-21(29-18)23-20(25)15-10-5-6-11-16(15)24-30(26,27)14-8-3-2-4-9-14/h2-13,24H,1H3,(H,22,23,25). The second-order valence-electron chi connectivity index (χ2n) is 6.24. The van der Waals surface area contributed by atoms with Gasteiger partial charge in [-0.3, -0.25) is 14.8 Å². The van der Waals surface area contributed by atoms with Crippen LogP contribution in [0.15, 0.2) is 77.7 Å². The number of carbonyl (C=O) groups excluding carboxylic acids is 1. The summed E-state index contributed by atoms with van der Waals surface area (Å²) in [6, 6.07) is 19.9. The summed E-state index contributed by atoms with van der Waals surface area (Å²) in [4.78, 5) is 17.4. The highest BCUT2D eigenvalue weighted by Gasteiger charge is 2.19. The number of hydrogen-bond acceptors (Lipinski definition) is 6. The zero-order valence-corrected chi connectivity index (χ0v) is 17.5. The van der Waals surface area contributed by atoms with Crippen molar-refractivity contribution in [3.05, 3.63) is 78.4 Å². The van der Waals surface area contributed by atoms with Gasteiger partial charge < -0.3 is 4.74 Å². The average Bonchev–Trinajstić information content (AvgIpc) is 3.17. The fourth-order valence-electron chi connectivity index (χ4n) is 2.88. The molecule has 0 aliphatic rings. The highest BCUT2D eigenvalue weighted by atomic mass is 32.2. The van der Waals surface area contributed by atoms with Crippen LogP contribution < -0.4 is 14.8 Å². The minimum absolute atomic E-state index is 0.110. The molecule has 152 valence electrons. The van der Waals surface area contributed by atoms with E-state index in [2.05, 4.69) is 15.0 Å². The first-order chi connectivity index (χ1) is 14.5. The monoisotopic (exact) mass is 439 g/mol. The second kappa shape index (κ2) is 8.13. The van der Waals surface area contributed by atoms with Gasteiger partial charge >= 0.3 is 0 Å². The number of fused-ring (bicyclic) bond motifs is 1. The summed E-state index contributed by atoms with van der Waals surface area (Å²) >= 11 is 1.30. The van der Waals surface area contributed by atoms with Crippen LogP contribution in [0.4, 0.5) is 10.8 Å². The quantitative estimate of drug-likeness (QED) is 0.465. The first-order valence-electron chi connectivity index (χ1n) is 8.90. The average molecular weight is 440 g/mol. The molecular formula is C21H17N3O4S2. The molecule has 0 atom stereocenters. The van der Waals surface area contributed by atoms with Crippen LogP contribution in [0.25, 0.3) is 10.2 Å². The Balaban J connectivity index is 1.62. The van der Waals surface area contributed by atoms with Crippen LogP contribution >= 0.6 is 11.3 Å². The Morgan fingerprint density at radius 2 is 1.70 bits per heavy atom. The minimum atomic E-state index is -3.83. The van der Waals surface area contributed by atoms with Gasteiger partial charge in [0.15, 0.2) is 5.13 Å². The molecule has 0 saturated heterocycles. The molecule has 0 bridgehead atoms. The molecule has 2 N–H and O–H groups in total. The van der Waals surface area contributed by atoms with Crippen molar-refractivity contribution in [1.29, 1.82) is 0 Å². The maximum absolute atomic E-state index is 12.9. The number of methoxy groups -OCH3 is 1. The Morgan fingerprint density at radius 3 is 2.47 bits per heavy atom. The van der Waals surface area contributed by atoms with Crippen molar-refractivity contribution in [2.45, 2.75) is 4.90 Å². The van der Waals surface area contributed by atoms with Gasteiger partial charge in [-0.2, -0.15) is 0 Å². The predicted molar refractivity (Wildman–Crippen MR) is 118 cm³/mol. The SMILES string of the molecule is COc1cccc2sc(NC(=O)c3ccccc3NS(=O)(=O)c3ccccc3)nc12. The van der Waals surface area contributed by atoms with Gasteiger partial charge in [-0.05, 0) is 36.4 Å². The lowest BCUT2D eigenvalue weighted by Gasteiger charge is -2.12. The largest absolute Gasteiger partial charge is 0.494 e. The van der Waals surface area contributed by atoms with Crippen LogP contribution in [0, 0.1) is 0 Å². The summed E-state index contributed by atoms with van der Waals surface area (Å²) in [7, 11) is -2.27. The topological polar surface area (TPSA) is 97.4 Å². The first kappa shape index (κ1) is 19.9. The molecule has 0 unspecified atom stereocenters. The molecule has 4 aromatic rings. The number of nitrogens with zero attached hydrogens (tertiary/aromatic N) is 1. The summed E-state index contributed by atoms with van der Waals surface area (Å²) in [5.41, 5.74) is 1.01. The maximum Gasteiger partial charge on any atom is 0.261 e. The number of thiazole rings is 1. The van der Waals surface area contributed by atoms with E-state index in [1.54, 1.807) is 49.6 Å². The second-order valence-corrected chi connectivity index (χ2v) is 8.96. The van der Waals surface area contributed by atoms with Gasteiger partial charge in [0.1, 0.15) is 11.3 Å². The van der Waals surface area contributed by atoms with E-state index in [4.69, 9.17) is 4.74 Å². The summed E-state index contributed by atoms with van der Waals surface area (Å²) in [6.45, 7) is 0. The lowest BCUT2D eigenvalue weighted by Crippen LogP contribution is -2.18. The summed E-state index contributed by atoms with van der Waals surface area (Å²) in [5.74, 6) is 0.139. The molecule has 3 aromatic carbocycles. The Morgan fingerprint density at radius 1 is 0.967 bits per heavy atom. The summed E-state index contributed by atoms with van der Waals surface area (Å²) in [5, 5.41) is 3.13. The lowest BCUT2D eigenvalue weighted by atomic mass is 10.2. The molecule has 0 aliphatic carbocycles. The number of amides is 1. The number of anilines is 2. The third-order valence-corrected chi connectivity index (χ3v) is 6.61. The predicted octanol–water partition coefficient (Wildman–Crippen LogP) is 4.36. The van der Waals surface area contributed by atoms with Crippen molar-refractivity contribution >= 4 is 48.3 Å². The highest BCUT2D eigenvalue weighted by molar-refractivity contribution is 7.92. The van der Waals surface area contributed by atoms with Gasteiger partial charge in [0.05, 0.1) is 28.0 Å². The van der Waals surface area contributed by atoms with Crippen molar-refractivity contribution < 1.29 is 17.9 Å². The minimum Gasteiger partial charge on any atom is -0.494 e. The van der Waals surface area contributed by atoms with E-state index in [1.807, 2.05) is 12.1 Å². The van der Waals surface area contributed by atoms with Crippen LogP contribution in [-0.4, -0.2) is 26.4 Å². The molecule has 4 rings (SSSR count). The first-order valence-corrected chi connectivity index (χ1v) is 11.2. The molecule has 0 fully saturated rings. The number of hydrogen-bond donors (Lipinski definition) is 2. The number of sulfonamides is 1. The molecule has 30 heavy (non-hydrogen) atoms. The summed E-state index contributed by atoms with van der Waals surface area (Å²) < 4.78 is 34.0. The normalized spacial score (nSPS) is 11.2. The molecule has 0 radical (unpaired) electrons.